The molecule has 1 aromatic rings. The van der Waals surface area contributed by atoms with E-state index in [1.165, 1.54) is 0 Å². The van der Waals surface area contributed by atoms with E-state index >= 15 is 0 Å². The Kier molecular flexibility index (Phi) is 7.94. The second kappa shape index (κ2) is 8.92. The Morgan fingerprint density at radius 1 is 1.16 bits per heavy atom. The minimum Gasteiger partial charge on any atom is -0.494 e. The average Bonchev–Trinajstić information content (AvgIpc) is 2.37. The van der Waals surface area contributed by atoms with Gasteiger partial charge in [0.2, 0.25) is 0 Å². The van der Waals surface area contributed by atoms with Crippen molar-refractivity contribution < 1.29 is 14.2 Å². The van der Waals surface area contributed by atoms with E-state index in [9.17, 15) is 0 Å². The summed E-state index contributed by atoms with van der Waals surface area (Å²) >= 11 is 6.98. The highest BCUT2D eigenvalue weighted by molar-refractivity contribution is 9.11. The molecule has 0 amide bonds. The highest BCUT2D eigenvalue weighted by atomic mass is 79.9. The molecule has 0 fully saturated rings. The number of ether oxygens (including phenoxy) is 3. The van der Waals surface area contributed by atoms with Crippen LogP contribution < -0.4 is 10.1 Å². The first-order chi connectivity index (χ1) is 9.12. The number of rotatable bonds is 8. The zero-order chi connectivity index (χ0) is 14.3. The number of hydrogen-bond acceptors (Lipinski definition) is 4. The summed E-state index contributed by atoms with van der Waals surface area (Å²) in [4.78, 5) is 0. The van der Waals surface area contributed by atoms with Crippen LogP contribution in [0.1, 0.15) is 5.56 Å². The smallest absolute Gasteiger partial charge is 0.147 e. The standard InChI is InChI=1S/C13H19Br2NO3/c1-17-8-10(18-2)7-16-6-9-4-11(14)13(19-3)12(15)5-9/h4-5,10,16H,6-8H2,1-3H3. The molecule has 0 saturated heterocycles. The van der Waals surface area contributed by atoms with Gasteiger partial charge in [0.1, 0.15) is 5.75 Å². The lowest BCUT2D eigenvalue weighted by Crippen LogP contribution is -2.31. The average molecular weight is 397 g/mol. The molecule has 0 saturated carbocycles. The summed E-state index contributed by atoms with van der Waals surface area (Å²) in [5, 5.41) is 3.34. The molecule has 0 aliphatic heterocycles. The van der Waals surface area contributed by atoms with Crippen LogP contribution in [0.25, 0.3) is 0 Å². The molecule has 0 radical (unpaired) electrons. The Labute approximate surface area is 131 Å². The van der Waals surface area contributed by atoms with Crippen molar-refractivity contribution in [3.8, 4) is 5.75 Å². The fraction of sp³-hybridized carbons (Fsp3) is 0.538. The summed E-state index contributed by atoms with van der Waals surface area (Å²) in [5.41, 5.74) is 1.16. The van der Waals surface area contributed by atoms with Crippen LogP contribution in [0.4, 0.5) is 0 Å². The monoisotopic (exact) mass is 395 g/mol. The van der Waals surface area contributed by atoms with Crippen LogP contribution in [0.2, 0.25) is 0 Å². The van der Waals surface area contributed by atoms with Gasteiger partial charge in [0.15, 0.2) is 0 Å². The van der Waals surface area contributed by atoms with E-state index in [1.807, 2.05) is 12.1 Å². The van der Waals surface area contributed by atoms with Gasteiger partial charge in [0, 0.05) is 27.3 Å². The Morgan fingerprint density at radius 3 is 2.26 bits per heavy atom. The predicted molar refractivity (Wildman–Crippen MR) is 82.8 cm³/mol. The van der Waals surface area contributed by atoms with Crippen LogP contribution in [0.15, 0.2) is 21.1 Å². The first kappa shape index (κ1) is 16.9. The Balaban J connectivity index is 2.54. The zero-order valence-electron chi connectivity index (χ0n) is 11.3. The van der Waals surface area contributed by atoms with Crippen molar-refractivity contribution in [2.75, 3.05) is 34.5 Å². The van der Waals surface area contributed by atoms with Crippen molar-refractivity contribution in [1.29, 1.82) is 0 Å². The molecule has 6 heteroatoms. The molecule has 0 aromatic heterocycles. The summed E-state index contributed by atoms with van der Waals surface area (Å²) in [6.07, 6.45) is 0.0649. The summed E-state index contributed by atoms with van der Waals surface area (Å²) in [6.45, 7) is 2.08. The molecule has 0 bridgehead atoms. The van der Waals surface area contributed by atoms with E-state index in [4.69, 9.17) is 14.2 Å². The lowest BCUT2D eigenvalue weighted by molar-refractivity contribution is 0.0288. The molecule has 1 N–H and O–H groups in total. The van der Waals surface area contributed by atoms with Gasteiger partial charge >= 0.3 is 0 Å². The lowest BCUT2D eigenvalue weighted by Gasteiger charge is -2.15. The van der Waals surface area contributed by atoms with Crippen molar-refractivity contribution in [2.24, 2.45) is 0 Å². The number of halogens is 2. The van der Waals surface area contributed by atoms with Gasteiger partial charge < -0.3 is 19.5 Å². The molecular formula is C13H19Br2NO3. The Bertz CT molecular complexity index is 378. The molecule has 0 heterocycles. The fourth-order valence-corrected chi connectivity index (χ4v) is 3.29. The number of benzene rings is 1. The van der Waals surface area contributed by atoms with E-state index in [0.717, 1.165) is 33.3 Å². The number of methoxy groups -OCH3 is 3. The molecule has 4 nitrogen and oxygen atoms in total. The number of nitrogens with one attached hydrogen (secondary N) is 1. The zero-order valence-corrected chi connectivity index (χ0v) is 14.5. The van der Waals surface area contributed by atoms with Crippen LogP contribution in [0.5, 0.6) is 5.75 Å². The van der Waals surface area contributed by atoms with Crippen molar-refractivity contribution in [3.63, 3.8) is 0 Å². The molecule has 0 spiro atoms. The first-order valence-electron chi connectivity index (χ1n) is 5.86. The normalized spacial score (nSPS) is 12.5. The largest absolute Gasteiger partial charge is 0.494 e. The van der Waals surface area contributed by atoms with Gasteiger partial charge in [-0.2, -0.15) is 0 Å². The molecule has 19 heavy (non-hydrogen) atoms. The molecular weight excluding hydrogens is 378 g/mol. The van der Waals surface area contributed by atoms with Gasteiger partial charge in [0.05, 0.1) is 28.8 Å². The second-order valence-corrected chi connectivity index (χ2v) is 5.75. The van der Waals surface area contributed by atoms with Crippen LogP contribution in [-0.2, 0) is 16.0 Å². The van der Waals surface area contributed by atoms with E-state index < -0.39 is 0 Å². The third-order valence-corrected chi connectivity index (χ3v) is 3.83. The van der Waals surface area contributed by atoms with Crippen molar-refractivity contribution in [2.45, 2.75) is 12.6 Å². The van der Waals surface area contributed by atoms with Crippen molar-refractivity contribution in [1.82, 2.24) is 5.32 Å². The molecule has 1 unspecified atom stereocenters. The Hall–Kier alpha value is -0.140. The van der Waals surface area contributed by atoms with Gasteiger partial charge in [-0.3, -0.25) is 0 Å². The third-order valence-electron chi connectivity index (χ3n) is 2.65. The van der Waals surface area contributed by atoms with Gasteiger partial charge in [-0.05, 0) is 49.6 Å². The Morgan fingerprint density at radius 2 is 1.79 bits per heavy atom. The van der Waals surface area contributed by atoms with Gasteiger partial charge in [-0.15, -0.1) is 0 Å². The van der Waals surface area contributed by atoms with E-state index in [1.54, 1.807) is 21.3 Å². The van der Waals surface area contributed by atoms with E-state index in [2.05, 4.69) is 37.2 Å². The van der Waals surface area contributed by atoms with E-state index in [-0.39, 0.29) is 6.10 Å². The topological polar surface area (TPSA) is 39.7 Å². The highest BCUT2D eigenvalue weighted by Gasteiger charge is 2.09. The summed E-state index contributed by atoms with van der Waals surface area (Å²) < 4.78 is 17.5. The predicted octanol–water partition coefficient (Wildman–Crippen LogP) is 2.97. The van der Waals surface area contributed by atoms with Gasteiger partial charge in [0.25, 0.3) is 0 Å². The van der Waals surface area contributed by atoms with Gasteiger partial charge in [-0.25, -0.2) is 0 Å². The molecule has 0 aliphatic rings. The summed E-state index contributed by atoms with van der Waals surface area (Å²) in [5.74, 6) is 0.804. The van der Waals surface area contributed by atoms with Crippen molar-refractivity contribution in [3.05, 3.63) is 26.6 Å². The van der Waals surface area contributed by atoms with Crippen LogP contribution in [0, 0.1) is 0 Å². The summed E-state index contributed by atoms with van der Waals surface area (Å²) in [7, 11) is 5.01. The maximum absolute atomic E-state index is 5.29. The quantitative estimate of drug-likeness (QED) is 0.733. The molecule has 108 valence electrons. The number of hydrogen-bond donors (Lipinski definition) is 1. The summed E-state index contributed by atoms with van der Waals surface area (Å²) in [6, 6.07) is 4.07. The van der Waals surface area contributed by atoms with E-state index in [0.29, 0.717) is 6.61 Å². The maximum Gasteiger partial charge on any atom is 0.147 e. The maximum atomic E-state index is 5.29. The fourth-order valence-electron chi connectivity index (χ4n) is 1.68. The SMILES string of the molecule is COCC(CNCc1cc(Br)c(OC)c(Br)c1)OC. The first-order valence-corrected chi connectivity index (χ1v) is 7.45. The third kappa shape index (κ3) is 5.39. The van der Waals surface area contributed by atoms with Gasteiger partial charge in [-0.1, -0.05) is 0 Å². The highest BCUT2D eigenvalue weighted by Crippen LogP contribution is 2.34. The van der Waals surface area contributed by atoms with Crippen LogP contribution in [-0.4, -0.2) is 40.6 Å². The second-order valence-electron chi connectivity index (χ2n) is 4.04. The molecule has 1 atom stereocenters. The lowest BCUT2D eigenvalue weighted by atomic mass is 10.2. The minimum absolute atomic E-state index is 0.0649. The molecule has 0 aliphatic carbocycles. The molecule has 1 rings (SSSR count). The van der Waals surface area contributed by atoms with Crippen LogP contribution in [0.3, 0.4) is 0 Å². The van der Waals surface area contributed by atoms with Crippen molar-refractivity contribution >= 4 is 31.9 Å². The molecule has 1 aromatic carbocycles. The van der Waals surface area contributed by atoms with Crippen LogP contribution >= 0.6 is 31.9 Å². The minimum atomic E-state index is 0.0649.